The van der Waals surface area contributed by atoms with Crippen LogP contribution >= 0.6 is 34.2 Å². The summed E-state index contributed by atoms with van der Waals surface area (Å²) >= 11 is 8.54. The quantitative estimate of drug-likeness (QED) is 0.511. The molecule has 0 unspecified atom stereocenters. The van der Waals surface area contributed by atoms with Crippen molar-refractivity contribution in [2.75, 3.05) is 0 Å². The smallest absolute Gasteiger partial charge is 0.161 e. The van der Waals surface area contributed by atoms with Gasteiger partial charge in [0.1, 0.15) is 5.15 Å². The predicted octanol–water partition coefficient (Wildman–Crippen LogP) is 5.40. The van der Waals surface area contributed by atoms with Gasteiger partial charge in [-0.05, 0) is 52.8 Å². The van der Waals surface area contributed by atoms with Crippen molar-refractivity contribution in [2.45, 2.75) is 38.5 Å². The van der Waals surface area contributed by atoms with Crippen molar-refractivity contribution in [2.24, 2.45) is 0 Å². The Kier molecular flexibility index (Phi) is 4.00. The molecule has 1 aliphatic carbocycles. The second-order valence-electron chi connectivity index (χ2n) is 5.55. The third-order valence-electron chi connectivity index (χ3n) is 3.60. The minimum atomic E-state index is 0.342. The molecule has 0 N–H and O–H groups in total. The molecule has 3 rings (SSSR count). The molecule has 0 amide bonds. The van der Waals surface area contributed by atoms with E-state index in [1.54, 1.807) is 0 Å². The molecule has 1 aliphatic rings. The van der Waals surface area contributed by atoms with Gasteiger partial charge in [0.25, 0.3) is 0 Å². The van der Waals surface area contributed by atoms with Gasteiger partial charge in [0.05, 0.1) is 9.26 Å². The number of halogens is 2. The zero-order valence-corrected chi connectivity index (χ0v) is 14.4. The van der Waals surface area contributed by atoms with Crippen LogP contribution in [-0.4, -0.2) is 9.97 Å². The second-order valence-corrected chi connectivity index (χ2v) is 6.99. The molecule has 1 heterocycles. The third kappa shape index (κ3) is 2.70. The van der Waals surface area contributed by atoms with Gasteiger partial charge in [-0.1, -0.05) is 49.7 Å². The lowest BCUT2D eigenvalue weighted by Crippen LogP contribution is -2.03. The maximum absolute atomic E-state index is 6.30. The molecule has 0 radical (unpaired) electrons. The highest BCUT2D eigenvalue weighted by Crippen LogP contribution is 2.44. The molecular formula is C16H16ClIN2. The number of aromatic nitrogens is 2. The van der Waals surface area contributed by atoms with Crippen molar-refractivity contribution in [1.29, 1.82) is 0 Å². The number of benzene rings is 1. The van der Waals surface area contributed by atoms with Crippen LogP contribution in [0.1, 0.15) is 49.8 Å². The molecule has 0 spiro atoms. The van der Waals surface area contributed by atoms with Crippen molar-refractivity contribution in [3.05, 3.63) is 44.2 Å². The molecule has 104 valence electrons. The highest BCUT2D eigenvalue weighted by molar-refractivity contribution is 14.1. The second kappa shape index (κ2) is 5.60. The monoisotopic (exact) mass is 398 g/mol. The van der Waals surface area contributed by atoms with Gasteiger partial charge in [-0.3, -0.25) is 0 Å². The van der Waals surface area contributed by atoms with Crippen LogP contribution in [0.2, 0.25) is 5.15 Å². The summed E-state index contributed by atoms with van der Waals surface area (Å²) in [6.07, 6.45) is 2.54. The Balaban J connectivity index is 2.15. The van der Waals surface area contributed by atoms with Crippen LogP contribution in [0.3, 0.4) is 0 Å². The van der Waals surface area contributed by atoms with Gasteiger partial charge < -0.3 is 0 Å². The van der Waals surface area contributed by atoms with Gasteiger partial charge in [0.2, 0.25) is 0 Å². The van der Waals surface area contributed by atoms with Crippen molar-refractivity contribution >= 4 is 34.2 Å². The van der Waals surface area contributed by atoms with E-state index < -0.39 is 0 Å². The summed E-state index contributed by atoms with van der Waals surface area (Å²) in [6.45, 7) is 4.27. The first-order valence-electron chi connectivity index (χ1n) is 6.90. The first-order chi connectivity index (χ1) is 9.58. The molecular weight excluding hydrogens is 383 g/mol. The van der Waals surface area contributed by atoms with Crippen LogP contribution < -0.4 is 0 Å². The molecule has 0 aliphatic heterocycles. The molecule has 4 heteroatoms. The maximum atomic E-state index is 6.30. The fourth-order valence-corrected chi connectivity index (χ4v) is 3.43. The molecule has 1 aromatic carbocycles. The average molecular weight is 399 g/mol. The Morgan fingerprint density at radius 2 is 1.90 bits per heavy atom. The van der Waals surface area contributed by atoms with E-state index in [9.17, 15) is 0 Å². The number of hydrogen-bond acceptors (Lipinski definition) is 2. The lowest BCUT2D eigenvalue weighted by Gasteiger charge is -2.13. The summed E-state index contributed by atoms with van der Waals surface area (Å²) in [5.41, 5.74) is 3.53. The molecule has 20 heavy (non-hydrogen) atoms. The highest BCUT2D eigenvalue weighted by atomic mass is 127. The number of hydrogen-bond donors (Lipinski definition) is 0. The molecule has 1 saturated carbocycles. The Bertz CT molecular complexity index is 651. The predicted molar refractivity (Wildman–Crippen MR) is 91.3 cm³/mol. The Morgan fingerprint density at radius 1 is 1.20 bits per heavy atom. The molecule has 2 aromatic rings. The fourth-order valence-electron chi connectivity index (χ4n) is 2.39. The van der Waals surface area contributed by atoms with E-state index in [4.69, 9.17) is 16.6 Å². The summed E-state index contributed by atoms with van der Waals surface area (Å²) in [6, 6.07) is 8.44. The van der Waals surface area contributed by atoms with Gasteiger partial charge in [0, 0.05) is 5.56 Å². The minimum absolute atomic E-state index is 0.342. The summed E-state index contributed by atoms with van der Waals surface area (Å²) in [4.78, 5) is 9.27. The molecule has 0 bridgehead atoms. The van der Waals surface area contributed by atoms with Crippen LogP contribution in [0.15, 0.2) is 24.3 Å². The zero-order chi connectivity index (χ0) is 14.3. The summed E-state index contributed by atoms with van der Waals surface area (Å²) in [5.74, 6) is 1.78. The SMILES string of the molecule is CC(C)c1nc(-c2ccccc2C2CC2)nc(Cl)c1I. The standard InChI is InChI=1S/C16H16ClIN2/c1-9(2)14-13(18)15(17)20-16(19-14)12-6-4-3-5-11(12)10-7-8-10/h3-6,9-10H,7-8H2,1-2H3. The molecule has 0 atom stereocenters. The Labute approximate surface area is 138 Å². The zero-order valence-electron chi connectivity index (χ0n) is 11.5. The Morgan fingerprint density at radius 3 is 2.55 bits per heavy atom. The van der Waals surface area contributed by atoms with Gasteiger partial charge in [-0.2, -0.15) is 0 Å². The first-order valence-corrected chi connectivity index (χ1v) is 8.36. The van der Waals surface area contributed by atoms with E-state index in [1.165, 1.54) is 18.4 Å². The van der Waals surface area contributed by atoms with Gasteiger partial charge in [-0.25, -0.2) is 9.97 Å². The average Bonchev–Trinajstić information content (AvgIpc) is 3.26. The van der Waals surface area contributed by atoms with Crippen molar-refractivity contribution in [1.82, 2.24) is 9.97 Å². The lowest BCUT2D eigenvalue weighted by molar-refractivity contribution is 0.808. The largest absolute Gasteiger partial charge is 0.232 e. The van der Waals surface area contributed by atoms with E-state index in [-0.39, 0.29) is 0 Å². The third-order valence-corrected chi connectivity index (χ3v) is 5.26. The summed E-state index contributed by atoms with van der Waals surface area (Å²) in [7, 11) is 0. The normalized spacial score (nSPS) is 14.8. The lowest BCUT2D eigenvalue weighted by atomic mass is 10.0. The van der Waals surface area contributed by atoms with Crippen LogP contribution in [-0.2, 0) is 0 Å². The highest BCUT2D eigenvalue weighted by Gasteiger charge is 2.27. The molecule has 0 saturated heterocycles. The van der Waals surface area contributed by atoms with Gasteiger partial charge in [-0.15, -0.1) is 0 Å². The number of nitrogens with zero attached hydrogens (tertiary/aromatic N) is 2. The minimum Gasteiger partial charge on any atom is -0.232 e. The van der Waals surface area contributed by atoms with E-state index in [0.717, 1.165) is 20.7 Å². The summed E-state index contributed by atoms with van der Waals surface area (Å²) in [5, 5.41) is 0.560. The van der Waals surface area contributed by atoms with E-state index in [1.807, 2.05) is 6.07 Å². The molecule has 1 fully saturated rings. The first kappa shape index (κ1) is 14.3. The van der Waals surface area contributed by atoms with Crippen LogP contribution in [0.25, 0.3) is 11.4 Å². The van der Waals surface area contributed by atoms with Crippen LogP contribution in [0.4, 0.5) is 0 Å². The Hall–Kier alpha value is -0.680. The van der Waals surface area contributed by atoms with Gasteiger partial charge >= 0.3 is 0 Å². The van der Waals surface area contributed by atoms with Crippen molar-refractivity contribution < 1.29 is 0 Å². The number of rotatable bonds is 3. The van der Waals surface area contributed by atoms with Crippen molar-refractivity contribution in [3.63, 3.8) is 0 Å². The fraction of sp³-hybridized carbons (Fsp3) is 0.375. The van der Waals surface area contributed by atoms with Crippen LogP contribution in [0, 0.1) is 3.57 Å². The topological polar surface area (TPSA) is 25.8 Å². The van der Waals surface area contributed by atoms with E-state index in [2.05, 4.69) is 59.6 Å². The maximum Gasteiger partial charge on any atom is 0.161 e. The van der Waals surface area contributed by atoms with E-state index in [0.29, 0.717) is 17.0 Å². The van der Waals surface area contributed by atoms with Gasteiger partial charge in [0.15, 0.2) is 5.82 Å². The molecule has 1 aromatic heterocycles. The van der Waals surface area contributed by atoms with Crippen molar-refractivity contribution in [3.8, 4) is 11.4 Å². The summed E-state index contributed by atoms with van der Waals surface area (Å²) < 4.78 is 0.965. The van der Waals surface area contributed by atoms with E-state index >= 15 is 0 Å². The van der Waals surface area contributed by atoms with Crippen LogP contribution in [0.5, 0.6) is 0 Å². The molecule has 2 nitrogen and oxygen atoms in total.